The Balaban J connectivity index is 2.32. The Morgan fingerprint density at radius 3 is 2.83 bits per heavy atom. The average molecular weight is 286 g/mol. The first-order valence-corrected chi connectivity index (χ1v) is 6.92. The van der Waals surface area contributed by atoms with Gasteiger partial charge in [-0.25, -0.2) is 4.98 Å². The highest BCUT2D eigenvalue weighted by molar-refractivity contribution is 7.80. The van der Waals surface area contributed by atoms with Gasteiger partial charge in [-0.05, 0) is 7.05 Å². The lowest BCUT2D eigenvalue weighted by molar-refractivity contribution is -0.130. The molecule has 5 nitrogen and oxygen atoms in total. The molecule has 0 radical (unpaired) electrons. The number of aromatic nitrogens is 1. The van der Waals surface area contributed by atoms with Crippen LogP contribution in [0.5, 0.6) is 0 Å². The van der Waals surface area contributed by atoms with Crippen LogP contribution in [0.4, 0.5) is 0 Å². The highest BCUT2D eigenvalue weighted by Crippen LogP contribution is 2.04. The predicted molar refractivity (Wildman–Crippen MR) is 77.5 cm³/mol. The van der Waals surface area contributed by atoms with Crippen molar-refractivity contribution in [3.05, 3.63) is 16.6 Å². The molecule has 1 rings (SSSR count). The van der Waals surface area contributed by atoms with Crippen LogP contribution in [0.15, 0.2) is 10.9 Å². The fourth-order valence-corrected chi connectivity index (χ4v) is 2.04. The lowest BCUT2D eigenvalue weighted by Gasteiger charge is -2.21. The summed E-state index contributed by atoms with van der Waals surface area (Å²) >= 11 is 6.34. The quantitative estimate of drug-likeness (QED) is 0.748. The molecular weight excluding hydrogens is 268 g/mol. The Morgan fingerprint density at radius 2 is 2.28 bits per heavy atom. The van der Waals surface area contributed by atoms with Crippen LogP contribution >= 0.6 is 23.6 Å². The van der Waals surface area contributed by atoms with Crippen molar-refractivity contribution in [1.82, 2.24) is 14.8 Å². The Bertz CT molecular complexity index is 394. The molecule has 0 aliphatic carbocycles. The van der Waals surface area contributed by atoms with E-state index in [1.165, 1.54) is 0 Å². The molecule has 7 heteroatoms. The molecule has 0 atom stereocenters. The second-order valence-corrected chi connectivity index (χ2v) is 5.43. The van der Waals surface area contributed by atoms with E-state index < -0.39 is 0 Å². The third-order valence-corrected chi connectivity index (χ3v) is 3.28. The van der Waals surface area contributed by atoms with Gasteiger partial charge in [0.25, 0.3) is 0 Å². The van der Waals surface area contributed by atoms with Gasteiger partial charge in [0.2, 0.25) is 5.91 Å². The predicted octanol–water partition coefficient (Wildman–Crippen LogP) is 0.710. The molecule has 0 unspecified atom stereocenters. The lowest BCUT2D eigenvalue weighted by Crippen LogP contribution is -2.37. The summed E-state index contributed by atoms with van der Waals surface area (Å²) in [7, 11) is 3.66. The molecular formula is C11H18N4OS2. The zero-order valence-electron chi connectivity index (χ0n) is 10.6. The van der Waals surface area contributed by atoms with E-state index in [9.17, 15) is 4.79 Å². The van der Waals surface area contributed by atoms with E-state index >= 15 is 0 Å². The number of thiazole rings is 1. The SMILES string of the molecule is CN(CC(=O)N(C)CCC(N)=S)Cc1cscn1. The molecule has 100 valence electrons. The molecule has 18 heavy (non-hydrogen) atoms. The molecule has 1 aromatic heterocycles. The van der Waals surface area contributed by atoms with Crippen LogP contribution in [-0.2, 0) is 11.3 Å². The van der Waals surface area contributed by atoms with Gasteiger partial charge in [0, 0.05) is 31.9 Å². The maximum absolute atomic E-state index is 11.9. The van der Waals surface area contributed by atoms with Crippen LogP contribution < -0.4 is 5.73 Å². The van der Waals surface area contributed by atoms with Crippen molar-refractivity contribution < 1.29 is 4.79 Å². The molecule has 1 aromatic rings. The van der Waals surface area contributed by atoms with Crippen LogP contribution in [0.3, 0.4) is 0 Å². The number of nitrogens with two attached hydrogens (primary N) is 1. The summed E-state index contributed by atoms with van der Waals surface area (Å²) in [5, 5.41) is 1.98. The number of thiocarbonyl (C=S) groups is 1. The van der Waals surface area contributed by atoms with Gasteiger partial charge in [-0.15, -0.1) is 11.3 Å². The van der Waals surface area contributed by atoms with Crippen molar-refractivity contribution >= 4 is 34.5 Å². The number of hydrogen-bond donors (Lipinski definition) is 1. The van der Waals surface area contributed by atoms with Crippen molar-refractivity contribution in [3.63, 3.8) is 0 Å². The summed E-state index contributed by atoms with van der Waals surface area (Å²) < 4.78 is 0. The number of likely N-dealkylation sites (N-methyl/N-ethyl adjacent to an activating group) is 2. The van der Waals surface area contributed by atoms with E-state index in [0.29, 0.717) is 31.0 Å². The minimum Gasteiger partial charge on any atom is -0.393 e. The van der Waals surface area contributed by atoms with Crippen molar-refractivity contribution in [1.29, 1.82) is 0 Å². The first kappa shape index (κ1) is 15.0. The first-order chi connectivity index (χ1) is 8.49. The third kappa shape index (κ3) is 5.52. The third-order valence-electron chi connectivity index (χ3n) is 2.44. The van der Waals surface area contributed by atoms with Gasteiger partial charge in [-0.3, -0.25) is 9.69 Å². The Kier molecular flexibility index (Phi) is 6.17. The molecule has 0 aliphatic rings. The van der Waals surface area contributed by atoms with Crippen molar-refractivity contribution in [2.75, 3.05) is 27.2 Å². The van der Waals surface area contributed by atoms with E-state index in [0.717, 1.165) is 5.69 Å². The van der Waals surface area contributed by atoms with Crippen LogP contribution in [0.1, 0.15) is 12.1 Å². The van der Waals surface area contributed by atoms with Gasteiger partial charge in [-0.1, -0.05) is 12.2 Å². The van der Waals surface area contributed by atoms with Gasteiger partial charge in [-0.2, -0.15) is 0 Å². The van der Waals surface area contributed by atoms with Gasteiger partial charge < -0.3 is 10.6 Å². The second-order valence-electron chi connectivity index (χ2n) is 4.18. The van der Waals surface area contributed by atoms with E-state index in [2.05, 4.69) is 4.98 Å². The highest BCUT2D eigenvalue weighted by atomic mass is 32.1. The number of carbonyl (C=O) groups is 1. The summed E-state index contributed by atoms with van der Waals surface area (Å²) in [6.07, 6.45) is 0.563. The van der Waals surface area contributed by atoms with Crippen molar-refractivity contribution in [3.8, 4) is 0 Å². The molecule has 0 saturated carbocycles. The van der Waals surface area contributed by atoms with E-state index in [1.54, 1.807) is 28.8 Å². The monoisotopic (exact) mass is 286 g/mol. The number of nitrogens with zero attached hydrogens (tertiary/aromatic N) is 3. The van der Waals surface area contributed by atoms with Gasteiger partial charge in [0.15, 0.2) is 0 Å². The molecule has 1 heterocycles. The number of hydrogen-bond acceptors (Lipinski definition) is 5. The van der Waals surface area contributed by atoms with E-state index in [-0.39, 0.29) is 5.91 Å². The van der Waals surface area contributed by atoms with E-state index in [1.807, 2.05) is 17.3 Å². The van der Waals surface area contributed by atoms with Gasteiger partial charge >= 0.3 is 0 Å². The molecule has 0 saturated heterocycles. The molecule has 0 aliphatic heterocycles. The van der Waals surface area contributed by atoms with Crippen LogP contribution in [0, 0.1) is 0 Å². The fourth-order valence-electron chi connectivity index (χ4n) is 1.40. The lowest BCUT2D eigenvalue weighted by atomic mass is 10.3. The first-order valence-electron chi connectivity index (χ1n) is 5.57. The molecule has 0 aromatic carbocycles. The molecule has 0 bridgehead atoms. The molecule has 0 spiro atoms. The minimum absolute atomic E-state index is 0.0592. The fraction of sp³-hybridized carbons (Fsp3) is 0.545. The summed E-state index contributed by atoms with van der Waals surface area (Å²) in [4.78, 5) is 20.1. The number of amides is 1. The molecule has 2 N–H and O–H groups in total. The average Bonchev–Trinajstić information content (AvgIpc) is 2.78. The highest BCUT2D eigenvalue weighted by Gasteiger charge is 2.12. The summed E-state index contributed by atoms with van der Waals surface area (Å²) in [5.41, 5.74) is 8.19. The molecule has 0 fully saturated rings. The summed E-state index contributed by atoms with van der Waals surface area (Å²) in [6, 6.07) is 0. The van der Waals surface area contributed by atoms with Gasteiger partial charge in [0.05, 0.1) is 22.7 Å². The Labute approximate surface area is 117 Å². The maximum Gasteiger partial charge on any atom is 0.236 e. The van der Waals surface area contributed by atoms with Crippen LogP contribution in [0.25, 0.3) is 0 Å². The minimum atomic E-state index is 0.0592. The normalized spacial score (nSPS) is 10.6. The Morgan fingerprint density at radius 1 is 1.56 bits per heavy atom. The van der Waals surface area contributed by atoms with Crippen molar-refractivity contribution in [2.24, 2.45) is 5.73 Å². The summed E-state index contributed by atoms with van der Waals surface area (Å²) in [5.74, 6) is 0.0592. The number of carbonyl (C=O) groups excluding carboxylic acids is 1. The molecule has 1 amide bonds. The largest absolute Gasteiger partial charge is 0.393 e. The zero-order chi connectivity index (χ0) is 13.5. The van der Waals surface area contributed by atoms with E-state index in [4.69, 9.17) is 18.0 Å². The van der Waals surface area contributed by atoms with Crippen molar-refractivity contribution in [2.45, 2.75) is 13.0 Å². The Hall–Kier alpha value is -1.05. The number of rotatable bonds is 7. The summed E-state index contributed by atoms with van der Waals surface area (Å²) in [6.45, 7) is 1.61. The standard InChI is InChI=1S/C11H18N4OS2/c1-14(5-9-7-18-8-13-9)6-11(16)15(2)4-3-10(12)17/h7-8H,3-6H2,1-2H3,(H2,12,17). The second kappa shape index (κ2) is 7.40. The smallest absolute Gasteiger partial charge is 0.236 e. The van der Waals surface area contributed by atoms with Crippen LogP contribution in [0.2, 0.25) is 0 Å². The maximum atomic E-state index is 11.9. The topological polar surface area (TPSA) is 62.5 Å². The van der Waals surface area contributed by atoms with Crippen LogP contribution in [-0.4, -0.2) is 52.9 Å². The zero-order valence-corrected chi connectivity index (χ0v) is 12.3. The van der Waals surface area contributed by atoms with Gasteiger partial charge in [0.1, 0.15) is 0 Å².